The summed E-state index contributed by atoms with van der Waals surface area (Å²) < 4.78 is 5.37. The first kappa shape index (κ1) is 18.4. The second-order valence-corrected chi connectivity index (χ2v) is 6.70. The van der Waals surface area contributed by atoms with Gasteiger partial charge < -0.3 is 15.2 Å². The van der Waals surface area contributed by atoms with Crippen molar-refractivity contribution in [2.75, 3.05) is 7.11 Å². The third-order valence-corrected chi connectivity index (χ3v) is 4.87. The lowest BCUT2D eigenvalue weighted by molar-refractivity contribution is -0.132. The van der Waals surface area contributed by atoms with E-state index in [1.807, 2.05) is 36.4 Å². The molecule has 2 N–H and O–H groups in total. The standard InChI is InChI=1S/C21H17NO4S/c1-26-18-10-6-5-9-16(18)19-12-11-15(27-19)13-17(21(24)25)22-20(23)14-7-3-2-4-8-14/h2-13H,1H3,(H,22,23)(H,24,25)/b17-13+. The molecule has 6 heteroatoms. The van der Waals surface area contributed by atoms with E-state index in [9.17, 15) is 14.7 Å². The molecule has 0 spiro atoms. The minimum Gasteiger partial charge on any atom is -0.496 e. The summed E-state index contributed by atoms with van der Waals surface area (Å²) in [6.07, 6.45) is 1.45. The monoisotopic (exact) mass is 379 g/mol. The maximum absolute atomic E-state index is 12.2. The number of para-hydroxylation sites is 1. The van der Waals surface area contributed by atoms with Gasteiger partial charge in [0, 0.05) is 20.9 Å². The van der Waals surface area contributed by atoms with Crippen molar-refractivity contribution in [2.45, 2.75) is 0 Å². The molecule has 0 aliphatic rings. The summed E-state index contributed by atoms with van der Waals surface area (Å²) in [6.45, 7) is 0. The summed E-state index contributed by atoms with van der Waals surface area (Å²) in [6, 6.07) is 19.8. The SMILES string of the molecule is COc1ccccc1-c1ccc(/C=C(/NC(=O)c2ccccc2)C(=O)O)s1. The van der Waals surface area contributed by atoms with Crippen LogP contribution in [0.4, 0.5) is 0 Å². The molecule has 0 fully saturated rings. The number of aliphatic carboxylic acids is 1. The van der Waals surface area contributed by atoms with Crippen molar-refractivity contribution in [1.82, 2.24) is 5.32 Å². The number of benzene rings is 2. The van der Waals surface area contributed by atoms with Crippen LogP contribution in [0.15, 0.2) is 72.4 Å². The molecular formula is C21H17NO4S. The van der Waals surface area contributed by atoms with Crippen LogP contribution in [0.1, 0.15) is 15.2 Å². The summed E-state index contributed by atoms with van der Waals surface area (Å²) in [7, 11) is 1.61. The smallest absolute Gasteiger partial charge is 0.352 e. The lowest BCUT2D eigenvalue weighted by Gasteiger charge is -2.06. The third-order valence-electron chi connectivity index (χ3n) is 3.80. The number of thiophene rings is 1. The first-order valence-electron chi connectivity index (χ1n) is 8.13. The molecule has 0 aliphatic heterocycles. The Morgan fingerprint density at radius 1 is 1.00 bits per heavy atom. The van der Waals surface area contributed by atoms with Crippen LogP contribution in [-0.2, 0) is 4.79 Å². The zero-order valence-electron chi connectivity index (χ0n) is 14.5. The van der Waals surface area contributed by atoms with Gasteiger partial charge in [0.05, 0.1) is 7.11 Å². The minimum absolute atomic E-state index is 0.183. The van der Waals surface area contributed by atoms with E-state index in [2.05, 4.69) is 5.32 Å². The quantitative estimate of drug-likeness (QED) is 0.627. The number of methoxy groups -OCH3 is 1. The van der Waals surface area contributed by atoms with Crippen LogP contribution in [0.2, 0.25) is 0 Å². The molecule has 0 bridgehead atoms. The van der Waals surface area contributed by atoms with Crippen molar-refractivity contribution in [1.29, 1.82) is 0 Å². The maximum Gasteiger partial charge on any atom is 0.352 e. The van der Waals surface area contributed by atoms with Crippen LogP contribution >= 0.6 is 11.3 Å². The number of nitrogens with one attached hydrogen (secondary N) is 1. The van der Waals surface area contributed by atoms with Gasteiger partial charge in [-0.15, -0.1) is 11.3 Å². The predicted molar refractivity (Wildman–Crippen MR) is 106 cm³/mol. The number of hydrogen-bond acceptors (Lipinski definition) is 4. The molecular weight excluding hydrogens is 362 g/mol. The van der Waals surface area contributed by atoms with E-state index in [0.717, 1.165) is 16.2 Å². The molecule has 3 aromatic rings. The van der Waals surface area contributed by atoms with Crippen LogP contribution < -0.4 is 10.1 Å². The second kappa shape index (κ2) is 8.33. The van der Waals surface area contributed by atoms with Gasteiger partial charge in [-0.25, -0.2) is 4.79 Å². The molecule has 27 heavy (non-hydrogen) atoms. The van der Waals surface area contributed by atoms with Gasteiger partial charge in [0.15, 0.2) is 0 Å². The zero-order chi connectivity index (χ0) is 19.2. The molecule has 0 atom stereocenters. The lowest BCUT2D eigenvalue weighted by Crippen LogP contribution is -2.27. The van der Waals surface area contributed by atoms with Gasteiger partial charge >= 0.3 is 5.97 Å². The second-order valence-electron chi connectivity index (χ2n) is 5.59. The van der Waals surface area contributed by atoms with Crippen molar-refractivity contribution in [2.24, 2.45) is 0 Å². The van der Waals surface area contributed by atoms with E-state index in [4.69, 9.17) is 4.74 Å². The van der Waals surface area contributed by atoms with E-state index in [1.165, 1.54) is 17.4 Å². The molecule has 1 amide bonds. The Morgan fingerprint density at radius 3 is 2.41 bits per heavy atom. The molecule has 0 unspecified atom stereocenters. The number of rotatable bonds is 6. The average molecular weight is 379 g/mol. The Balaban J connectivity index is 1.86. The van der Waals surface area contributed by atoms with Gasteiger partial charge in [-0.05, 0) is 42.5 Å². The lowest BCUT2D eigenvalue weighted by atomic mass is 10.1. The largest absolute Gasteiger partial charge is 0.496 e. The normalized spacial score (nSPS) is 11.1. The molecule has 1 heterocycles. The molecule has 3 rings (SSSR count). The molecule has 2 aromatic carbocycles. The first-order valence-corrected chi connectivity index (χ1v) is 8.95. The average Bonchev–Trinajstić information content (AvgIpc) is 3.16. The van der Waals surface area contributed by atoms with Crippen LogP contribution in [0, 0.1) is 0 Å². The molecule has 0 aliphatic carbocycles. The Hall–Kier alpha value is -3.38. The van der Waals surface area contributed by atoms with Crippen molar-refractivity contribution in [3.8, 4) is 16.2 Å². The number of carboxylic acids is 1. The maximum atomic E-state index is 12.2. The number of hydrogen-bond donors (Lipinski definition) is 2. The van der Waals surface area contributed by atoms with Crippen LogP contribution in [-0.4, -0.2) is 24.1 Å². The highest BCUT2D eigenvalue weighted by molar-refractivity contribution is 7.16. The minimum atomic E-state index is -1.20. The van der Waals surface area contributed by atoms with E-state index >= 15 is 0 Å². The zero-order valence-corrected chi connectivity index (χ0v) is 15.3. The summed E-state index contributed by atoms with van der Waals surface area (Å²) >= 11 is 1.41. The van der Waals surface area contributed by atoms with E-state index < -0.39 is 11.9 Å². The highest BCUT2D eigenvalue weighted by atomic mass is 32.1. The Kier molecular flexibility index (Phi) is 5.68. The summed E-state index contributed by atoms with van der Waals surface area (Å²) in [5, 5.41) is 11.9. The topological polar surface area (TPSA) is 75.6 Å². The Bertz CT molecular complexity index is 992. The van der Waals surface area contributed by atoms with Crippen molar-refractivity contribution >= 4 is 29.3 Å². The molecule has 0 saturated carbocycles. The van der Waals surface area contributed by atoms with Gasteiger partial charge in [0.2, 0.25) is 0 Å². The number of amides is 1. The van der Waals surface area contributed by atoms with Gasteiger partial charge in [0.25, 0.3) is 5.91 Å². The highest BCUT2D eigenvalue weighted by Gasteiger charge is 2.14. The number of carbonyl (C=O) groups excluding carboxylic acids is 1. The van der Waals surface area contributed by atoms with Crippen molar-refractivity contribution in [3.05, 3.63) is 82.9 Å². The molecule has 0 saturated heterocycles. The summed E-state index contributed by atoms with van der Waals surface area (Å²) in [5.74, 6) is -0.928. The fourth-order valence-corrected chi connectivity index (χ4v) is 3.48. The van der Waals surface area contributed by atoms with E-state index in [-0.39, 0.29) is 5.70 Å². The molecule has 0 radical (unpaired) electrons. The van der Waals surface area contributed by atoms with E-state index in [1.54, 1.807) is 37.4 Å². The molecule has 5 nitrogen and oxygen atoms in total. The highest BCUT2D eigenvalue weighted by Crippen LogP contribution is 2.35. The van der Waals surface area contributed by atoms with Crippen LogP contribution in [0.3, 0.4) is 0 Å². The van der Waals surface area contributed by atoms with Crippen molar-refractivity contribution < 1.29 is 19.4 Å². The fraction of sp³-hybridized carbons (Fsp3) is 0.0476. The Morgan fingerprint density at radius 2 is 1.70 bits per heavy atom. The fourth-order valence-electron chi connectivity index (χ4n) is 2.50. The third kappa shape index (κ3) is 4.43. The van der Waals surface area contributed by atoms with Gasteiger partial charge in [0.1, 0.15) is 11.4 Å². The number of carboxylic acid groups (broad SMARTS) is 1. The number of carbonyl (C=O) groups is 2. The van der Waals surface area contributed by atoms with E-state index in [0.29, 0.717) is 10.4 Å². The first-order chi connectivity index (χ1) is 13.1. The molecule has 1 aromatic heterocycles. The predicted octanol–water partition coefficient (Wildman–Crippen LogP) is 4.28. The summed E-state index contributed by atoms with van der Waals surface area (Å²) in [4.78, 5) is 25.4. The van der Waals surface area contributed by atoms with Crippen molar-refractivity contribution in [3.63, 3.8) is 0 Å². The van der Waals surface area contributed by atoms with Gasteiger partial charge in [-0.1, -0.05) is 30.3 Å². The van der Waals surface area contributed by atoms with Crippen LogP contribution in [0.25, 0.3) is 16.5 Å². The van der Waals surface area contributed by atoms with Crippen LogP contribution in [0.5, 0.6) is 5.75 Å². The molecule has 136 valence electrons. The van der Waals surface area contributed by atoms with Gasteiger partial charge in [-0.3, -0.25) is 4.79 Å². The summed E-state index contributed by atoms with van der Waals surface area (Å²) in [5.41, 5.74) is 1.14. The van der Waals surface area contributed by atoms with Gasteiger partial charge in [-0.2, -0.15) is 0 Å². The number of ether oxygens (including phenoxy) is 1. The Labute approximate surface area is 160 Å².